The zero-order valence-electron chi connectivity index (χ0n) is 25.0. The van der Waals surface area contributed by atoms with Crippen LogP contribution >= 0.6 is 0 Å². The van der Waals surface area contributed by atoms with Gasteiger partial charge in [0, 0.05) is 43.9 Å². The molecule has 43 heavy (non-hydrogen) atoms. The van der Waals surface area contributed by atoms with Crippen molar-refractivity contribution in [2.75, 3.05) is 52.3 Å². The highest BCUT2D eigenvalue weighted by Crippen LogP contribution is 2.42. The van der Waals surface area contributed by atoms with Crippen LogP contribution in [0.2, 0.25) is 0 Å². The van der Waals surface area contributed by atoms with E-state index >= 15 is 4.39 Å². The number of hydrogen-bond acceptors (Lipinski definition) is 8. The van der Waals surface area contributed by atoms with Gasteiger partial charge in [-0.25, -0.2) is 8.78 Å². The van der Waals surface area contributed by atoms with E-state index in [1.807, 2.05) is 36.2 Å². The Hall–Kier alpha value is -3.63. The van der Waals surface area contributed by atoms with Crippen LogP contribution in [-0.2, 0) is 0 Å². The Bertz CT molecular complexity index is 1700. The lowest BCUT2D eigenvalue weighted by atomic mass is 9.75. The Balaban J connectivity index is 1.33. The maximum Gasteiger partial charge on any atom is 0.319 e. The molecule has 2 aliphatic heterocycles. The molecule has 2 aromatic heterocycles. The fourth-order valence-corrected chi connectivity index (χ4v) is 7.55. The highest BCUT2D eigenvalue weighted by Gasteiger charge is 2.49. The first-order valence-electron chi connectivity index (χ1n) is 15.2. The van der Waals surface area contributed by atoms with E-state index in [0.29, 0.717) is 36.3 Å². The molecule has 0 bridgehead atoms. The minimum atomic E-state index is -0.879. The second-order valence-corrected chi connectivity index (χ2v) is 12.9. The van der Waals surface area contributed by atoms with Gasteiger partial charge in [-0.05, 0) is 75.6 Å². The van der Waals surface area contributed by atoms with Gasteiger partial charge in [-0.15, -0.1) is 0 Å². The molecule has 7 rings (SSSR count). The lowest BCUT2D eigenvalue weighted by Gasteiger charge is -2.49. The summed E-state index contributed by atoms with van der Waals surface area (Å²) in [4.78, 5) is 20.5. The normalized spacial score (nSPS) is 23.2. The molecule has 4 heterocycles. The molecular formula is C33H38F2N6O2. The summed E-state index contributed by atoms with van der Waals surface area (Å²) in [5.74, 6) is -0.0337. The van der Waals surface area contributed by atoms with Gasteiger partial charge >= 0.3 is 6.01 Å². The monoisotopic (exact) mass is 588 g/mol. The van der Waals surface area contributed by atoms with E-state index in [4.69, 9.17) is 9.72 Å². The molecule has 2 aromatic carbocycles. The van der Waals surface area contributed by atoms with E-state index in [2.05, 4.69) is 33.9 Å². The molecule has 0 unspecified atom stereocenters. The van der Waals surface area contributed by atoms with E-state index in [1.54, 1.807) is 12.3 Å². The van der Waals surface area contributed by atoms with Gasteiger partial charge < -0.3 is 19.6 Å². The molecule has 3 aliphatic rings. The van der Waals surface area contributed by atoms with Crippen molar-refractivity contribution in [3.8, 4) is 23.0 Å². The number of aromatic hydroxyl groups is 1. The molecule has 2 saturated heterocycles. The number of halogens is 2. The molecule has 10 heteroatoms. The van der Waals surface area contributed by atoms with Gasteiger partial charge in [0.2, 0.25) is 0 Å². The molecule has 3 fully saturated rings. The Labute approximate surface area is 250 Å². The Morgan fingerprint density at radius 1 is 1.07 bits per heavy atom. The lowest BCUT2D eigenvalue weighted by Crippen LogP contribution is -2.56. The highest BCUT2D eigenvalue weighted by atomic mass is 19.1. The molecule has 0 amide bonds. The Kier molecular flexibility index (Phi) is 6.89. The van der Waals surface area contributed by atoms with Gasteiger partial charge in [0.25, 0.3) is 0 Å². The molecule has 226 valence electrons. The first-order valence-corrected chi connectivity index (χ1v) is 15.2. The number of ether oxygens (including phenoxy) is 1. The predicted octanol–water partition coefficient (Wildman–Crippen LogP) is 5.57. The van der Waals surface area contributed by atoms with Gasteiger partial charge in [-0.1, -0.05) is 24.3 Å². The first kappa shape index (κ1) is 28.2. The van der Waals surface area contributed by atoms with E-state index in [-0.39, 0.29) is 40.7 Å². The van der Waals surface area contributed by atoms with E-state index in [9.17, 15) is 9.50 Å². The number of benzene rings is 2. The number of anilines is 1. The third-order valence-electron chi connectivity index (χ3n) is 10.1. The third-order valence-corrected chi connectivity index (χ3v) is 10.1. The van der Waals surface area contributed by atoms with Crippen molar-refractivity contribution in [3.63, 3.8) is 0 Å². The maximum atomic E-state index is 16.6. The SMILES string of the molecule is CN(CC1(N(C)C)CCC1)c1nc(OC[C@@]23CCCN2C[C@H](F)C3)nc2c(F)c(-c3cc(O)cc4ccccc34)ncc12. The van der Waals surface area contributed by atoms with Crippen LogP contribution in [-0.4, -0.2) is 94.5 Å². The van der Waals surface area contributed by atoms with Gasteiger partial charge in [-0.3, -0.25) is 9.88 Å². The quantitative estimate of drug-likeness (QED) is 0.287. The standard InChI is InChI=1S/C33H38F2N6O2/c1-39(2)32(10-6-11-32)19-40(3)30-26-17-36-28(25-15-23(42)14-21-8-4-5-9-24(21)25)27(35)29(26)37-31(38-30)43-20-33-12-7-13-41(33)18-22(34)16-33/h4-5,8-9,14-15,17,22,42H,6-7,10-13,16,18-20H2,1-3H3/t22-,33+/m1/s1. The van der Waals surface area contributed by atoms with Gasteiger partial charge in [0.15, 0.2) is 5.82 Å². The van der Waals surface area contributed by atoms with Crippen molar-refractivity contribution in [1.29, 1.82) is 0 Å². The topological polar surface area (TPSA) is 77.9 Å². The van der Waals surface area contributed by atoms with Crippen molar-refractivity contribution in [2.45, 2.75) is 55.8 Å². The molecular weight excluding hydrogens is 550 g/mol. The smallest absolute Gasteiger partial charge is 0.319 e. The number of likely N-dealkylation sites (N-methyl/N-ethyl adjacent to an activating group) is 2. The maximum absolute atomic E-state index is 16.6. The van der Waals surface area contributed by atoms with Crippen LogP contribution in [0, 0.1) is 5.82 Å². The average Bonchev–Trinajstić information content (AvgIpc) is 3.48. The first-order chi connectivity index (χ1) is 20.7. The molecule has 0 radical (unpaired) electrons. The summed E-state index contributed by atoms with van der Waals surface area (Å²) < 4.78 is 37.3. The molecule has 1 saturated carbocycles. The summed E-state index contributed by atoms with van der Waals surface area (Å²) in [7, 11) is 6.16. The van der Waals surface area contributed by atoms with Crippen molar-refractivity contribution >= 4 is 27.5 Å². The molecule has 0 spiro atoms. The number of rotatable bonds is 8. The van der Waals surface area contributed by atoms with Crippen LogP contribution in [0.4, 0.5) is 14.6 Å². The van der Waals surface area contributed by atoms with Crippen LogP contribution in [0.15, 0.2) is 42.6 Å². The zero-order chi connectivity index (χ0) is 29.9. The average molecular weight is 589 g/mol. The van der Waals surface area contributed by atoms with Crippen molar-refractivity contribution in [2.24, 2.45) is 0 Å². The Morgan fingerprint density at radius 3 is 2.65 bits per heavy atom. The van der Waals surface area contributed by atoms with Crippen molar-refractivity contribution in [1.82, 2.24) is 24.8 Å². The zero-order valence-corrected chi connectivity index (χ0v) is 25.0. The van der Waals surface area contributed by atoms with Crippen LogP contribution in [0.5, 0.6) is 11.8 Å². The number of fused-ring (bicyclic) bond motifs is 3. The number of hydrogen-bond donors (Lipinski definition) is 1. The van der Waals surface area contributed by atoms with E-state index in [0.717, 1.165) is 49.4 Å². The number of phenols is 1. The Morgan fingerprint density at radius 2 is 1.88 bits per heavy atom. The minimum Gasteiger partial charge on any atom is -0.508 e. The second-order valence-electron chi connectivity index (χ2n) is 12.9. The summed E-state index contributed by atoms with van der Waals surface area (Å²) in [6.07, 6.45) is 6.32. The fourth-order valence-electron chi connectivity index (χ4n) is 7.55. The predicted molar refractivity (Wildman–Crippen MR) is 164 cm³/mol. The summed E-state index contributed by atoms with van der Waals surface area (Å²) in [5.41, 5.74) is 0.300. The van der Waals surface area contributed by atoms with Gasteiger partial charge in [0.05, 0.1) is 10.9 Å². The van der Waals surface area contributed by atoms with Crippen LogP contribution < -0.4 is 9.64 Å². The van der Waals surface area contributed by atoms with Crippen LogP contribution in [0.25, 0.3) is 32.9 Å². The largest absolute Gasteiger partial charge is 0.508 e. The van der Waals surface area contributed by atoms with Crippen LogP contribution in [0.1, 0.15) is 38.5 Å². The molecule has 1 aliphatic carbocycles. The van der Waals surface area contributed by atoms with Crippen molar-refractivity contribution in [3.05, 3.63) is 48.4 Å². The van der Waals surface area contributed by atoms with Gasteiger partial charge in [-0.2, -0.15) is 9.97 Å². The molecule has 4 aromatic rings. The summed E-state index contributed by atoms with van der Waals surface area (Å²) in [6, 6.07) is 10.8. The number of aromatic nitrogens is 3. The van der Waals surface area contributed by atoms with E-state index < -0.39 is 12.0 Å². The summed E-state index contributed by atoms with van der Waals surface area (Å²) in [5, 5.41) is 12.5. The molecule has 1 N–H and O–H groups in total. The highest BCUT2D eigenvalue weighted by molar-refractivity contribution is 5.99. The number of pyridine rings is 1. The summed E-state index contributed by atoms with van der Waals surface area (Å²) in [6.45, 7) is 2.22. The van der Waals surface area contributed by atoms with Crippen LogP contribution in [0.3, 0.4) is 0 Å². The molecule has 8 nitrogen and oxygen atoms in total. The second kappa shape index (κ2) is 10.5. The number of nitrogens with zero attached hydrogens (tertiary/aromatic N) is 6. The fraction of sp³-hybridized carbons (Fsp3) is 0.485. The molecule has 2 atom stereocenters. The van der Waals surface area contributed by atoms with Crippen molar-refractivity contribution < 1.29 is 18.6 Å². The lowest BCUT2D eigenvalue weighted by molar-refractivity contribution is 0.0681. The van der Waals surface area contributed by atoms with Gasteiger partial charge in [0.1, 0.15) is 35.6 Å². The number of alkyl halides is 1. The number of phenolic OH excluding ortho intramolecular Hbond substituents is 1. The van der Waals surface area contributed by atoms with E-state index in [1.165, 1.54) is 6.07 Å². The summed E-state index contributed by atoms with van der Waals surface area (Å²) >= 11 is 0. The minimum absolute atomic E-state index is 0.00271. The third kappa shape index (κ3) is 4.75.